The number of hydrogen-bond donors (Lipinski definition) is 0. The number of carbonyl (C=O) groups is 1. The first-order valence-electron chi connectivity index (χ1n) is 16.1. The number of benzene rings is 2. The minimum Gasteiger partial charge on any atom is -0.481 e. The summed E-state index contributed by atoms with van der Waals surface area (Å²) in [5.41, 5.74) is 3.11. The number of alkyl halides is 2. The van der Waals surface area contributed by atoms with Crippen LogP contribution in [0.3, 0.4) is 0 Å². The van der Waals surface area contributed by atoms with Crippen molar-refractivity contribution in [2.75, 3.05) is 53.0 Å². The van der Waals surface area contributed by atoms with Crippen LogP contribution in [0.15, 0.2) is 79.3 Å². The van der Waals surface area contributed by atoms with Crippen LogP contribution in [-0.2, 0) is 6.54 Å². The number of amides is 1. The normalized spacial score (nSPS) is 18.5. The number of nitrogens with zero attached hydrogens (tertiary/aromatic N) is 7. The third-order valence-electron chi connectivity index (χ3n) is 8.75. The van der Waals surface area contributed by atoms with Gasteiger partial charge in [-0.2, -0.15) is 9.97 Å². The van der Waals surface area contributed by atoms with E-state index in [1.807, 2.05) is 17.0 Å². The largest absolute Gasteiger partial charge is 0.481 e. The van der Waals surface area contributed by atoms with Gasteiger partial charge in [0, 0.05) is 69.7 Å². The van der Waals surface area contributed by atoms with Crippen molar-refractivity contribution in [2.24, 2.45) is 0 Å². The standard InChI is InChI=1S/C35H39F2N7O4/c1-3-47-35-40-32(46-2)27(33(41-35)48-23-30(36)37)21-42-19-26-20-43(34(45)28-18-38-14-15-39-28)16-17-44(26)29(22-42)31(24-10-6-4-7-11-24)25-12-8-5-9-13-25/h4-15,18,26,29-31H,3,16-17,19-23H2,1-2H3/t26-,29?/m1/s1. The Labute approximate surface area is 278 Å². The molecule has 2 fully saturated rings. The lowest BCUT2D eigenvalue weighted by Crippen LogP contribution is -2.67. The zero-order chi connectivity index (χ0) is 33.5. The number of methoxy groups -OCH3 is 1. The summed E-state index contributed by atoms with van der Waals surface area (Å²) in [5.74, 6) is 0.0362. The molecule has 0 radical (unpaired) electrons. The maximum atomic E-state index is 13.5. The van der Waals surface area contributed by atoms with Crippen molar-refractivity contribution in [3.05, 3.63) is 102 Å². The second kappa shape index (κ2) is 15.4. The molecule has 2 aliphatic rings. The molecule has 2 atom stereocenters. The Morgan fingerprint density at radius 2 is 1.62 bits per heavy atom. The van der Waals surface area contributed by atoms with Crippen molar-refractivity contribution in [1.82, 2.24) is 34.6 Å². The van der Waals surface area contributed by atoms with Gasteiger partial charge in [0.05, 0.1) is 25.5 Å². The molecule has 2 aromatic carbocycles. The van der Waals surface area contributed by atoms with Crippen LogP contribution in [0.1, 0.15) is 40.0 Å². The highest BCUT2D eigenvalue weighted by molar-refractivity contribution is 5.92. The minimum absolute atomic E-state index is 0.00219. The molecule has 2 aliphatic heterocycles. The van der Waals surface area contributed by atoms with Gasteiger partial charge >= 0.3 is 6.01 Å². The van der Waals surface area contributed by atoms with E-state index in [1.54, 1.807) is 13.1 Å². The van der Waals surface area contributed by atoms with E-state index in [2.05, 4.69) is 78.3 Å². The van der Waals surface area contributed by atoms with Crippen LogP contribution in [-0.4, -0.2) is 112 Å². The predicted octanol–water partition coefficient (Wildman–Crippen LogP) is 4.16. The molecular formula is C35H39F2N7O4. The monoisotopic (exact) mass is 659 g/mol. The van der Waals surface area contributed by atoms with E-state index in [0.717, 1.165) is 0 Å². The van der Waals surface area contributed by atoms with Crippen molar-refractivity contribution in [3.8, 4) is 17.8 Å². The summed E-state index contributed by atoms with van der Waals surface area (Å²) in [7, 11) is 1.47. The Morgan fingerprint density at radius 3 is 2.25 bits per heavy atom. The SMILES string of the molecule is CCOc1nc(OC)c(CN2CC(C(c3ccccc3)c3ccccc3)N3CCN(C(=O)c4cnccn4)C[C@H]3C2)c(OCC(F)F)n1. The summed E-state index contributed by atoms with van der Waals surface area (Å²) >= 11 is 0. The quantitative estimate of drug-likeness (QED) is 0.220. The number of carbonyl (C=O) groups excluding carboxylic acids is 1. The number of hydrogen-bond acceptors (Lipinski definition) is 10. The Kier molecular flexibility index (Phi) is 10.7. The van der Waals surface area contributed by atoms with E-state index in [4.69, 9.17) is 14.2 Å². The summed E-state index contributed by atoms with van der Waals surface area (Å²) < 4.78 is 43.3. The summed E-state index contributed by atoms with van der Waals surface area (Å²) in [6.45, 7) is 4.41. The number of halogens is 2. The van der Waals surface area contributed by atoms with Gasteiger partial charge in [0.2, 0.25) is 11.8 Å². The minimum atomic E-state index is -2.69. The van der Waals surface area contributed by atoms with Crippen LogP contribution in [0.25, 0.3) is 0 Å². The maximum Gasteiger partial charge on any atom is 0.323 e. The topological polar surface area (TPSA) is 106 Å². The lowest BCUT2D eigenvalue weighted by atomic mass is 9.81. The molecule has 0 aliphatic carbocycles. The first-order chi connectivity index (χ1) is 23.4. The fraction of sp³-hybridized carbons (Fsp3) is 0.400. The van der Waals surface area contributed by atoms with Crippen molar-refractivity contribution >= 4 is 5.91 Å². The second-order valence-electron chi connectivity index (χ2n) is 11.7. The molecule has 0 N–H and O–H groups in total. The second-order valence-corrected chi connectivity index (χ2v) is 11.7. The third kappa shape index (κ3) is 7.52. The van der Waals surface area contributed by atoms with Crippen LogP contribution >= 0.6 is 0 Å². The number of fused-ring (bicyclic) bond motifs is 1. The molecule has 6 rings (SSSR count). The molecule has 0 bridgehead atoms. The molecule has 48 heavy (non-hydrogen) atoms. The molecule has 13 heteroatoms. The van der Waals surface area contributed by atoms with Crippen LogP contribution in [0.4, 0.5) is 8.78 Å². The summed E-state index contributed by atoms with van der Waals surface area (Å²) in [4.78, 5) is 37.2. The first kappa shape index (κ1) is 33.2. The van der Waals surface area contributed by atoms with Gasteiger partial charge in [0.1, 0.15) is 5.69 Å². The molecule has 252 valence electrons. The smallest absolute Gasteiger partial charge is 0.323 e. The molecule has 1 unspecified atom stereocenters. The molecule has 0 spiro atoms. The third-order valence-corrected chi connectivity index (χ3v) is 8.75. The highest BCUT2D eigenvalue weighted by Gasteiger charge is 2.43. The summed E-state index contributed by atoms with van der Waals surface area (Å²) in [5, 5.41) is 0. The van der Waals surface area contributed by atoms with Gasteiger partial charge in [-0.3, -0.25) is 19.6 Å². The van der Waals surface area contributed by atoms with Gasteiger partial charge in [-0.05, 0) is 18.1 Å². The molecule has 4 heterocycles. The lowest BCUT2D eigenvalue weighted by Gasteiger charge is -2.53. The average molecular weight is 660 g/mol. The Hall–Kier alpha value is -4.75. The highest BCUT2D eigenvalue weighted by atomic mass is 19.3. The molecule has 1 amide bonds. The number of ether oxygens (including phenoxy) is 3. The van der Waals surface area contributed by atoms with Crippen LogP contribution in [0.2, 0.25) is 0 Å². The van der Waals surface area contributed by atoms with Crippen molar-refractivity contribution < 1.29 is 27.8 Å². The molecule has 2 saturated heterocycles. The molecule has 2 aromatic heterocycles. The Bertz CT molecular complexity index is 1600. The van der Waals surface area contributed by atoms with E-state index in [0.29, 0.717) is 44.0 Å². The summed E-state index contributed by atoms with van der Waals surface area (Å²) in [6.07, 6.45) is 1.86. The van der Waals surface area contributed by atoms with E-state index >= 15 is 0 Å². The number of aromatic nitrogens is 4. The van der Waals surface area contributed by atoms with E-state index in [-0.39, 0.29) is 54.8 Å². The average Bonchev–Trinajstić information content (AvgIpc) is 3.12. The molecule has 0 saturated carbocycles. The Balaban J connectivity index is 1.38. The lowest BCUT2D eigenvalue weighted by molar-refractivity contribution is -0.0294. The number of piperazine rings is 2. The maximum absolute atomic E-state index is 13.5. The van der Waals surface area contributed by atoms with Gasteiger partial charge in [-0.25, -0.2) is 13.8 Å². The molecule has 11 nitrogen and oxygen atoms in total. The van der Waals surface area contributed by atoms with Crippen LogP contribution in [0, 0.1) is 0 Å². The van der Waals surface area contributed by atoms with E-state index in [1.165, 1.54) is 30.6 Å². The van der Waals surface area contributed by atoms with E-state index < -0.39 is 13.0 Å². The highest BCUT2D eigenvalue weighted by Crippen LogP contribution is 2.37. The van der Waals surface area contributed by atoms with Crippen molar-refractivity contribution in [2.45, 2.75) is 37.9 Å². The first-order valence-corrected chi connectivity index (χ1v) is 16.1. The van der Waals surface area contributed by atoms with Gasteiger partial charge in [0.25, 0.3) is 12.3 Å². The Morgan fingerprint density at radius 1 is 0.917 bits per heavy atom. The van der Waals surface area contributed by atoms with Crippen molar-refractivity contribution in [3.63, 3.8) is 0 Å². The zero-order valence-corrected chi connectivity index (χ0v) is 27.0. The van der Waals surface area contributed by atoms with Gasteiger partial charge < -0.3 is 19.1 Å². The summed E-state index contributed by atoms with van der Waals surface area (Å²) in [6, 6.07) is 20.8. The fourth-order valence-corrected chi connectivity index (χ4v) is 6.76. The zero-order valence-electron chi connectivity index (χ0n) is 27.0. The fourth-order valence-electron chi connectivity index (χ4n) is 6.76. The van der Waals surface area contributed by atoms with Crippen LogP contribution in [0.5, 0.6) is 17.8 Å². The van der Waals surface area contributed by atoms with Gasteiger partial charge in [0.15, 0.2) is 6.61 Å². The molecular weight excluding hydrogens is 620 g/mol. The van der Waals surface area contributed by atoms with Crippen LogP contribution < -0.4 is 14.2 Å². The van der Waals surface area contributed by atoms with Crippen molar-refractivity contribution in [1.29, 1.82) is 0 Å². The van der Waals surface area contributed by atoms with Gasteiger partial charge in [-0.1, -0.05) is 60.7 Å². The van der Waals surface area contributed by atoms with E-state index in [9.17, 15) is 13.6 Å². The number of rotatable bonds is 12. The molecule has 4 aromatic rings. The van der Waals surface area contributed by atoms with Gasteiger partial charge in [-0.15, -0.1) is 0 Å². The predicted molar refractivity (Wildman–Crippen MR) is 173 cm³/mol.